The molecule has 0 saturated heterocycles. The minimum atomic E-state index is -0.361. The summed E-state index contributed by atoms with van der Waals surface area (Å²) in [7, 11) is 0. The van der Waals surface area contributed by atoms with Crippen molar-refractivity contribution in [1.29, 1.82) is 0 Å². The molecule has 0 atom stereocenters. The Hall–Kier alpha value is -2.21. The molecule has 0 aliphatic heterocycles. The van der Waals surface area contributed by atoms with E-state index in [1.807, 2.05) is 0 Å². The molecule has 2 rings (SSSR count). The van der Waals surface area contributed by atoms with Crippen LogP contribution in [0.15, 0.2) is 53.0 Å². The quantitative estimate of drug-likeness (QED) is 0.854. The van der Waals surface area contributed by atoms with Crippen LogP contribution in [-0.2, 0) is 4.79 Å². The zero-order chi connectivity index (χ0) is 15.9. The Morgan fingerprint density at radius 2 is 1.64 bits per heavy atom. The molecule has 0 aliphatic carbocycles. The van der Waals surface area contributed by atoms with Gasteiger partial charge in [-0.3, -0.25) is 9.59 Å². The van der Waals surface area contributed by atoms with Gasteiger partial charge in [0.25, 0.3) is 5.91 Å². The van der Waals surface area contributed by atoms with Crippen LogP contribution in [0.2, 0.25) is 0 Å². The molecular formula is C16H14BrFN2O2. The number of anilines is 1. The molecule has 114 valence electrons. The summed E-state index contributed by atoms with van der Waals surface area (Å²) < 4.78 is 13.6. The lowest BCUT2D eigenvalue weighted by Crippen LogP contribution is -2.27. The number of carbonyl (C=O) groups is 2. The van der Waals surface area contributed by atoms with Crippen LogP contribution in [0.1, 0.15) is 16.8 Å². The van der Waals surface area contributed by atoms with Crippen molar-refractivity contribution in [1.82, 2.24) is 5.32 Å². The van der Waals surface area contributed by atoms with Gasteiger partial charge < -0.3 is 10.6 Å². The van der Waals surface area contributed by atoms with E-state index in [4.69, 9.17) is 0 Å². The topological polar surface area (TPSA) is 58.2 Å². The third-order valence-corrected chi connectivity index (χ3v) is 3.40. The molecule has 0 radical (unpaired) electrons. The maximum atomic E-state index is 12.7. The van der Waals surface area contributed by atoms with Gasteiger partial charge in [0, 0.05) is 28.7 Å². The van der Waals surface area contributed by atoms with Gasteiger partial charge in [-0.1, -0.05) is 15.9 Å². The van der Waals surface area contributed by atoms with Crippen molar-refractivity contribution in [2.75, 3.05) is 11.9 Å². The van der Waals surface area contributed by atoms with Crippen LogP contribution in [0.25, 0.3) is 0 Å². The molecule has 0 unspecified atom stereocenters. The number of hydrogen-bond donors (Lipinski definition) is 2. The number of carbonyl (C=O) groups excluding carboxylic acids is 2. The lowest BCUT2D eigenvalue weighted by Gasteiger charge is -2.07. The van der Waals surface area contributed by atoms with Gasteiger partial charge in [0.1, 0.15) is 5.82 Å². The van der Waals surface area contributed by atoms with Crippen molar-refractivity contribution in [3.63, 3.8) is 0 Å². The first-order valence-electron chi connectivity index (χ1n) is 6.64. The first-order valence-corrected chi connectivity index (χ1v) is 7.43. The van der Waals surface area contributed by atoms with Crippen LogP contribution in [-0.4, -0.2) is 18.4 Å². The first-order chi connectivity index (χ1) is 10.5. The van der Waals surface area contributed by atoms with Crippen molar-refractivity contribution >= 4 is 33.4 Å². The summed E-state index contributed by atoms with van der Waals surface area (Å²) in [5.74, 6) is -0.843. The fourth-order valence-electron chi connectivity index (χ4n) is 1.75. The second kappa shape index (κ2) is 7.70. The van der Waals surface area contributed by atoms with Gasteiger partial charge in [-0.05, 0) is 48.5 Å². The maximum Gasteiger partial charge on any atom is 0.251 e. The molecule has 0 aromatic heterocycles. The molecule has 22 heavy (non-hydrogen) atoms. The Balaban J connectivity index is 1.75. The van der Waals surface area contributed by atoms with E-state index in [0.717, 1.165) is 4.47 Å². The number of hydrogen-bond acceptors (Lipinski definition) is 2. The zero-order valence-electron chi connectivity index (χ0n) is 11.6. The van der Waals surface area contributed by atoms with Crippen LogP contribution in [0.5, 0.6) is 0 Å². The lowest BCUT2D eigenvalue weighted by molar-refractivity contribution is -0.116. The second-order valence-electron chi connectivity index (χ2n) is 4.57. The number of rotatable bonds is 5. The van der Waals surface area contributed by atoms with Crippen LogP contribution in [0, 0.1) is 5.82 Å². The second-order valence-corrected chi connectivity index (χ2v) is 5.48. The summed E-state index contributed by atoms with van der Waals surface area (Å²) in [4.78, 5) is 23.5. The van der Waals surface area contributed by atoms with E-state index in [1.54, 1.807) is 24.3 Å². The highest BCUT2D eigenvalue weighted by atomic mass is 79.9. The van der Waals surface area contributed by atoms with E-state index in [1.165, 1.54) is 24.3 Å². The van der Waals surface area contributed by atoms with Crippen LogP contribution < -0.4 is 10.6 Å². The van der Waals surface area contributed by atoms with Crippen molar-refractivity contribution in [3.05, 3.63) is 64.4 Å². The van der Waals surface area contributed by atoms with Gasteiger partial charge >= 0.3 is 0 Å². The van der Waals surface area contributed by atoms with Gasteiger partial charge in [0.15, 0.2) is 0 Å². The number of amides is 2. The summed E-state index contributed by atoms with van der Waals surface area (Å²) in [6, 6.07) is 12.4. The van der Waals surface area contributed by atoms with E-state index in [-0.39, 0.29) is 30.6 Å². The van der Waals surface area contributed by atoms with Crippen molar-refractivity contribution < 1.29 is 14.0 Å². The van der Waals surface area contributed by atoms with Crippen LogP contribution in [0.3, 0.4) is 0 Å². The first kappa shape index (κ1) is 16.2. The molecular weight excluding hydrogens is 351 g/mol. The SMILES string of the molecule is O=C(CCNC(=O)c1ccc(Br)cc1)Nc1ccc(F)cc1. The molecule has 2 aromatic rings. The predicted octanol–water partition coefficient (Wildman–Crippen LogP) is 3.35. The van der Waals surface area contributed by atoms with Gasteiger partial charge in [0.05, 0.1) is 0 Å². The standard InChI is InChI=1S/C16H14BrFN2O2/c17-12-3-1-11(2-4-12)16(22)19-10-9-15(21)20-14-7-5-13(18)6-8-14/h1-8H,9-10H2,(H,19,22)(H,20,21). The maximum absolute atomic E-state index is 12.7. The van der Waals surface area contributed by atoms with E-state index in [9.17, 15) is 14.0 Å². The van der Waals surface area contributed by atoms with Gasteiger partial charge in [-0.15, -0.1) is 0 Å². The molecule has 0 aliphatic rings. The zero-order valence-corrected chi connectivity index (χ0v) is 13.2. The van der Waals surface area contributed by atoms with Gasteiger partial charge in [-0.2, -0.15) is 0 Å². The highest BCUT2D eigenvalue weighted by Gasteiger charge is 2.07. The molecule has 0 spiro atoms. The fourth-order valence-corrected chi connectivity index (χ4v) is 2.01. The minimum absolute atomic E-state index is 0.139. The van der Waals surface area contributed by atoms with Crippen molar-refractivity contribution in [3.8, 4) is 0 Å². The van der Waals surface area contributed by atoms with Gasteiger partial charge in [-0.25, -0.2) is 4.39 Å². The van der Waals surface area contributed by atoms with E-state index in [2.05, 4.69) is 26.6 Å². The molecule has 4 nitrogen and oxygen atoms in total. The van der Waals surface area contributed by atoms with E-state index in [0.29, 0.717) is 11.3 Å². The number of halogens is 2. The lowest BCUT2D eigenvalue weighted by atomic mass is 10.2. The summed E-state index contributed by atoms with van der Waals surface area (Å²) in [5, 5.41) is 5.30. The van der Waals surface area contributed by atoms with Crippen molar-refractivity contribution in [2.45, 2.75) is 6.42 Å². The fraction of sp³-hybridized carbons (Fsp3) is 0.125. The Bertz CT molecular complexity index is 657. The normalized spacial score (nSPS) is 10.1. The third kappa shape index (κ3) is 4.96. The Morgan fingerprint density at radius 1 is 1.00 bits per heavy atom. The summed E-state index contributed by atoms with van der Waals surface area (Å²) >= 11 is 3.29. The average Bonchev–Trinajstić information content (AvgIpc) is 2.50. The van der Waals surface area contributed by atoms with E-state index < -0.39 is 0 Å². The summed E-state index contributed by atoms with van der Waals surface area (Å²) in [6.07, 6.45) is 0.139. The smallest absolute Gasteiger partial charge is 0.251 e. The average molecular weight is 365 g/mol. The highest BCUT2D eigenvalue weighted by molar-refractivity contribution is 9.10. The molecule has 2 amide bonds. The minimum Gasteiger partial charge on any atom is -0.352 e. The summed E-state index contributed by atoms with van der Waals surface area (Å²) in [6.45, 7) is 0.224. The molecule has 0 fully saturated rings. The molecule has 0 saturated carbocycles. The Labute approximate surface area is 135 Å². The molecule has 6 heteroatoms. The molecule has 0 bridgehead atoms. The summed E-state index contributed by atoms with van der Waals surface area (Å²) in [5.41, 5.74) is 1.05. The molecule has 2 N–H and O–H groups in total. The van der Waals surface area contributed by atoms with Crippen LogP contribution in [0.4, 0.5) is 10.1 Å². The van der Waals surface area contributed by atoms with Crippen LogP contribution >= 0.6 is 15.9 Å². The van der Waals surface area contributed by atoms with E-state index >= 15 is 0 Å². The largest absolute Gasteiger partial charge is 0.352 e. The molecule has 2 aromatic carbocycles. The Morgan fingerprint density at radius 3 is 2.27 bits per heavy atom. The monoisotopic (exact) mass is 364 g/mol. The van der Waals surface area contributed by atoms with Gasteiger partial charge in [0.2, 0.25) is 5.91 Å². The predicted molar refractivity (Wildman–Crippen MR) is 86.1 cm³/mol. The number of benzene rings is 2. The van der Waals surface area contributed by atoms with Crippen molar-refractivity contribution in [2.24, 2.45) is 0 Å². The third-order valence-electron chi connectivity index (χ3n) is 2.87. The number of nitrogens with one attached hydrogen (secondary N) is 2. The Kier molecular flexibility index (Phi) is 5.66. The highest BCUT2D eigenvalue weighted by Crippen LogP contribution is 2.10. The molecule has 0 heterocycles.